The third kappa shape index (κ3) is 3.47. The summed E-state index contributed by atoms with van der Waals surface area (Å²) in [7, 11) is -3.70. The van der Waals surface area contributed by atoms with Crippen molar-refractivity contribution < 1.29 is 23.2 Å². The maximum absolute atomic E-state index is 11.9. The summed E-state index contributed by atoms with van der Waals surface area (Å²) < 4.78 is 22.1. The summed E-state index contributed by atoms with van der Waals surface area (Å²) in [6.07, 6.45) is -0.00709. The number of hydrogen-bond acceptors (Lipinski definition) is 6. The van der Waals surface area contributed by atoms with Gasteiger partial charge >= 0.3 is 0 Å². The molecular formula is C11H13N3O6S. The van der Waals surface area contributed by atoms with E-state index in [1.165, 1.54) is 11.0 Å². The van der Waals surface area contributed by atoms with E-state index in [-0.39, 0.29) is 36.0 Å². The Morgan fingerprint density at radius 3 is 2.67 bits per heavy atom. The minimum atomic E-state index is -3.70. The van der Waals surface area contributed by atoms with Gasteiger partial charge in [-0.25, -0.2) is 13.6 Å². The van der Waals surface area contributed by atoms with Crippen LogP contribution in [0, 0.1) is 16.0 Å². The van der Waals surface area contributed by atoms with E-state index in [1.54, 1.807) is 0 Å². The molecule has 0 bridgehead atoms. The fourth-order valence-electron chi connectivity index (χ4n) is 2.31. The number of non-ortho nitro benzene ring substituents is 1. The minimum Gasteiger partial charge on any atom is -0.505 e. The molecule has 1 aromatic rings. The number of nitro groups is 1. The zero-order chi connectivity index (χ0) is 15.8. The lowest BCUT2D eigenvalue weighted by molar-refractivity contribution is -0.384. The third-order valence-electron chi connectivity index (χ3n) is 3.13. The average Bonchev–Trinajstić information content (AvgIpc) is 2.67. The Labute approximate surface area is 120 Å². The predicted molar refractivity (Wildman–Crippen MR) is 73.2 cm³/mol. The first-order valence-electron chi connectivity index (χ1n) is 5.95. The fraction of sp³-hybridized carbons (Fsp3) is 0.364. The number of aromatic hydroxyl groups is 1. The number of amides is 1. The molecule has 21 heavy (non-hydrogen) atoms. The number of carbonyl (C=O) groups is 1. The van der Waals surface area contributed by atoms with Crippen molar-refractivity contribution in [1.82, 2.24) is 0 Å². The molecule has 3 N–H and O–H groups in total. The Morgan fingerprint density at radius 1 is 1.48 bits per heavy atom. The number of rotatable bonds is 4. The first-order valence-corrected chi connectivity index (χ1v) is 7.67. The van der Waals surface area contributed by atoms with Crippen LogP contribution < -0.4 is 10.0 Å². The highest BCUT2D eigenvalue weighted by atomic mass is 32.2. The Hall–Kier alpha value is -2.20. The second-order valence-electron chi connectivity index (χ2n) is 4.83. The van der Waals surface area contributed by atoms with Crippen molar-refractivity contribution in [1.29, 1.82) is 0 Å². The number of nitrogens with two attached hydrogens (primary N) is 1. The van der Waals surface area contributed by atoms with Gasteiger partial charge in [0.05, 0.1) is 22.4 Å². The molecule has 0 aliphatic carbocycles. The van der Waals surface area contributed by atoms with E-state index in [4.69, 9.17) is 5.14 Å². The first-order chi connectivity index (χ1) is 9.67. The summed E-state index contributed by atoms with van der Waals surface area (Å²) in [6.45, 7) is 0.0840. The van der Waals surface area contributed by atoms with Crippen LogP contribution >= 0.6 is 0 Å². The lowest BCUT2D eigenvalue weighted by Gasteiger charge is -2.17. The number of hydrogen-bond donors (Lipinski definition) is 2. The van der Waals surface area contributed by atoms with Crippen molar-refractivity contribution in [3.8, 4) is 5.75 Å². The molecule has 0 spiro atoms. The average molecular weight is 315 g/mol. The molecule has 0 aromatic heterocycles. The van der Waals surface area contributed by atoms with E-state index in [1.807, 2.05) is 0 Å². The Bertz CT molecular complexity index is 702. The molecule has 1 amide bonds. The number of sulfonamides is 1. The van der Waals surface area contributed by atoms with Gasteiger partial charge in [-0.1, -0.05) is 0 Å². The van der Waals surface area contributed by atoms with Crippen LogP contribution in [0.1, 0.15) is 6.42 Å². The van der Waals surface area contributed by atoms with Gasteiger partial charge < -0.3 is 10.0 Å². The molecular weight excluding hydrogens is 302 g/mol. The molecule has 1 aliphatic rings. The van der Waals surface area contributed by atoms with Crippen molar-refractivity contribution in [2.75, 3.05) is 17.2 Å². The predicted octanol–water partition coefficient (Wildman–Crippen LogP) is -0.0582. The van der Waals surface area contributed by atoms with Gasteiger partial charge in [0, 0.05) is 24.9 Å². The smallest absolute Gasteiger partial charge is 0.273 e. The second kappa shape index (κ2) is 5.30. The van der Waals surface area contributed by atoms with Gasteiger partial charge in [0.25, 0.3) is 5.69 Å². The number of benzene rings is 1. The third-order valence-corrected chi connectivity index (χ3v) is 4.07. The molecule has 1 aliphatic heterocycles. The quantitative estimate of drug-likeness (QED) is 0.588. The van der Waals surface area contributed by atoms with Crippen LogP contribution in [-0.2, 0) is 14.8 Å². The summed E-state index contributed by atoms with van der Waals surface area (Å²) in [5.41, 5.74) is -0.188. The van der Waals surface area contributed by atoms with Crippen LogP contribution in [0.3, 0.4) is 0 Å². The van der Waals surface area contributed by atoms with Crippen LogP contribution in [0.4, 0.5) is 11.4 Å². The normalized spacial score (nSPS) is 19.0. The maximum Gasteiger partial charge on any atom is 0.273 e. The lowest BCUT2D eigenvalue weighted by atomic mass is 10.1. The van der Waals surface area contributed by atoms with Crippen molar-refractivity contribution in [3.05, 3.63) is 28.3 Å². The van der Waals surface area contributed by atoms with Crippen LogP contribution in [-0.4, -0.2) is 36.7 Å². The number of anilines is 1. The molecule has 9 nitrogen and oxygen atoms in total. The van der Waals surface area contributed by atoms with Crippen LogP contribution in [0.2, 0.25) is 0 Å². The van der Waals surface area contributed by atoms with Gasteiger partial charge in [-0.15, -0.1) is 0 Å². The molecule has 1 saturated heterocycles. The van der Waals surface area contributed by atoms with Gasteiger partial charge in [-0.2, -0.15) is 0 Å². The molecule has 0 radical (unpaired) electrons. The lowest BCUT2D eigenvalue weighted by Crippen LogP contribution is -2.27. The molecule has 1 aromatic carbocycles. The highest BCUT2D eigenvalue weighted by Crippen LogP contribution is 2.35. The topological polar surface area (TPSA) is 144 Å². The molecule has 1 heterocycles. The van der Waals surface area contributed by atoms with Crippen LogP contribution in [0.15, 0.2) is 18.2 Å². The molecule has 2 rings (SSSR count). The number of carbonyl (C=O) groups excluding carboxylic acids is 1. The number of phenolic OH excluding ortho intramolecular Hbond substituents is 1. The van der Waals surface area contributed by atoms with Crippen molar-refractivity contribution in [2.45, 2.75) is 6.42 Å². The summed E-state index contributed by atoms with van der Waals surface area (Å²) in [6, 6.07) is 3.36. The standard InChI is InChI=1S/C11H13N3O6S/c12-21(19,20)6-7-3-11(16)13(5-7)9-2-1-8(14(17)18)4-10(9)15/h1-2,4,7,15H,3,5-6H2,(H2,12,19,20). The fourth-order valence-corrected chi connectivity index (χ4v) is 3.19. The number of phenols is 1. The highest BCUT2D eigenvalue weighted by Gasteiger charge is 2.34. The number of nitrogens with zero attached hydrogens (tertiary/aromatic N) is 2. The molecule has 10 heteroatoms. The zero-order valence-electron chi connectivity index (χ0n) is 10.8. The molecule has 1 fully saturated rings. The maximum atomic E-state index is 11.9. The van der Waals surface area contributed by atoms with Crippen molar-refractivity contribution in [3.63, 3.8) is 0 Å². The van der Waals surface area contributed by atoms with E-state index in [2.05, 4.69) is 0 Å². The SMILES string of the molecule is NS(=O)(=O)CC1CC(=O)N(c2ccc([N+](=O)[O-])cc2O)C1. The van der Waals surface area contributed by atoms with E-state index in [0.29, 0.717) is 0 Å². The molecule has 0 saturated carbocycles. The summed E-state index contributed by atoms with van der Waals surface area (Å²) in [4.78, 5) is 23.0. The van der Waals surface area contributed by atoms with E-state index < -0.39 is 26.6 Å². The summed E-state index contributed by atoms with van der Waals surface area (Å²) in [5, 5.41) is 25.3. The number of primary sulfonamides is 1. The van der Waals surface area contributed by atoms with E-state index in [9.17, 15) is 28.4 Å². The highest BCUT2D eigenvalue weighted by molar-refractivity contribution is 7.89. The molecule has 1 unspecified atom stereocenters. The Balaban J connectivity index is 2.23. The van der Waals surface area contributed by atoms with Gasteiger partial charge in [0.1, 0.15) is 5.75 Å². The van der Waals surface area contributed by atoms with Gasteiger partial charge in [-0.05, 0) is 6.07 Å². The van der Waals surface area contributed by atoms with E-state index >= 15 is 0 Å². The first kappa shape index (κ1) is 15.2. The van der Waals surface area contributed by atoms with Crippen molar-refractivity contribution >= 4 is 27.3 Å². The van der Waals surface area contributed by atoms with Gasteiger partial charge in [-0.3, -0.25) is 14.9 Å². The number of nitro benzene ring substituents is 1. The summed E-state index contributed by atoms with van der Waals surface area (Å²) in [5.74, 6) is -1.58. The minimum absolute atomic E-state index is 0.00709. The Morgan fingerprint density at radius 2 is 2.14 bits per heavy atom. The summed E-state index contributed by atoms with van der Waals surface area (Å²) >= 11 is 0. The monoisotopic (exact) mass is 315 g/mol. The van der Waals surface area contributed by atoms with Gasteiger partial charge in [0.15, 0.2) is 0 Å². The zero-order valence-corrected chi connectivity index (χ0v) is 11.6. The molecule has 114 valence electrons. The largest absolute Gasteiger partial charge is 0.505 e. The second-order valence-corrected chi connectivity index (χ2v) is 6.49. The Kier molecular flexibility index (Phi) is 3.83. The molecule has 1 atom stereocenters. The van der Waals surface area contributed by atoms with Gasteiger partial charge in [0.2, 0.25) is 15.9 Å². The van der Waals surface area contributed by atoms with Crippen molar-refractivity contribution in [2.24, 2.45) is 11.1 Å². The van der Waals surface area contributed by atoms with Crippen LogP contribution in [0.5, 0.6) is 5.75 Å². The van der Waals surface area contributed by atoms with E-state index in [0.717, 1.165) is 12.1 Å². The van der Waals surface area contributed by atoms with Crippen LogP contribution in [0.25, 0.3) is 0 Å².